The van der Waals surface area contributed by atoms with E-state index >= 15 is 0 Å². The van der Waals surface area contributed by atoms with Crippen LogP contribution >= 0.6 is 11.6 Å². The van der Waals surface area contributed by atoms with E-state index in [-0.39, 0.29) is 0 Å². The third-order valence-corrected chi connectivity index (χ3v) is 3.51. The van der Waals surface area contributed by atoms with E-state index in [9.17, 15) is 4.79 Å². The Morgan fingerprint density at radius 1 is 1.58 bits per heavy atom. The first-order valence-corrected chi connectivity index (χ1v) is 6.50. The van der Waals surface area contributed by atoms with Gasteiger partial charge in [0, 0.05) is 24.7 Å². The summed E-state index contributed by atoms with van der Waals surface area (Å²) in [7, 11) is 0. The minimum atomic E-state index is -1.12. The molecule has 0 spiro atoms. The predicted molar refractivity (Wildman–Crippen MR) is 72.6 cm³/mol. The van der Waals surface area contributed by atoms with Crippen molar-refractivity contribution >= 4 is 17.6 Å². The van der Waals surface area contributed by atoms with Gasteiger partial charge in [-0.3, -0.25) is 9.69 Å². The summed E-state index contributed by atoms with van der Waals surface area (Å²) in [6, 6.07) is 7.18. The molecule has 5 nitrogen and oxygen atoms in total. The van der Waals surface area contributed by atoms with Crippen molar-refractivity contribution in [1.29, 1.82) is 0 Å². The first-order chi connectivity index (χ1) is 8.99. The molecule has 0 amide bonds. The Kier molecular flexibility index (Phi) is 4.29. The van der Waals surface area contributed by atoms with Crippen LogP contribution in [-0.4, -0.2) is 47.8 Å². The minimum Gasteiger partial charge on any atom is -0.492 e. The van der Waals surface area contributed by atoms with Crippen molar-refractivity contribution in [3.05, 3.63) is 29.3 Å². The topological polar surface area (TPSA) is 75.8 Å². The predicted octanol–water partition coefficient (Wildman–Crippen LogP) is 1.21. The van der Waals surface area contributed by atoms with E-state index in [2.05, 4.69) is 0 Å². The molecule has 1 fully saturated rings. The smallest absolute Gasteiger partial charge is 0.325 e. The first kappa shape index (κ1) is 14.1. The number of ether oxygens (including phenoxy) is 1. The van der Waals surface area contributed by atoms with E-state index in [1.165, 1.54) is 0 Å². The molecular formula is C13H17ClN2O3. The number of aliphatic carboxylic acids is 1. The molecule has 3 N–H and O–H groups in total. The van der Waals surface area contributed by atoms with Crippen molar-refractivity contribution in [2.75, 3.05) is 26.2 Å². The summed E-state index contributed by atoms with van der Waals surface area (Å²) in [5.41, 5.74) is 4.68. The van der Waals surface area contributed by atoms with Crippen molar-refractivity contribution in [3.8, 4) is 5.75 Å². The molecule has 2 rings (SSSR count). The van der Waals surface area contributed by atoms with Crippen molar-refractivity contribution in [3.63, 3.8) is 0 Å². The number of hydrogen-bond acceptors (Lipinski definition) is 4. The number of halogens is 1. The van der Waals surface area contributed by atoms with Gasteiger partial charge in [-0.05, 0) is 24.6 Å². The fourth-order valence-corrected chi connectivity index (χ4v) is 2.31. The second kappa shape index (κ2) is 5.77. The van der Waals surface area contributed by atoms with E-state index in [0.29, 0.717) is 43.4 Å². The number of carboxylic acid groups (broad SMARTS) is 1. The summed E-state index contributed by atoms with van der Waals surface area (Å²) in [4.78, 5) is 13.0. The molecule has 0 radical (unpaired) electrons. The summed E-state index contributed by atoms with van der Waals surface area (Å²) in [6.07, 6.45) is 0.472. The number of hydrogen-bond donors (Lipinski definition) is 2. The van der Waals surface area contributed by atoms with E-state index in [1.54, 1.807) is 12.1 Å². The van der Waals surface area contributed by atoms with E-state index in [4.69, 9.17) is 27.2 Å². The highest BCUT2D eigenvalue weighted by Gasteiger charge is 2.40. The largest absolute Gasteiger partial charge is 0.492 e. The molecule has 1 aromatic rings. The zero-order valence-corrected chi connectivity index (χ0v) is 11.3. The van der Waals surface area contributed by atoms with Crippen molar-refractivity contribution in [1.82, 2.24) is 4.90 Å². The summed E-state index contributed by atoms with van der Waals surface area (Å²) in [5, 5.41) is 9.66. The van der Waals surface area contributed by atoms with E-state index in [1.807, 2.05) is 17.0 Å². The highest BCUT2D eigenvalue weighted by molar-refractivity contribution is 6.30. The lowest BCUT2D eigenvalue weighted by atomic mass is 10.0. The van der Waals surface area contributed by atoms with E-state index in [0.717, 1.165) is 0 Å². The van der Waals surface area contributed by atoms with Crippen LogP contribution in [-0.2, 0) is 4.79 Å². The summed E-state index contributed by atoms with van der Waals surface area (Å²) < 4.78 is 5.56. The highest BCUT2D eigenvalue weighted by atomic mass is 35.5. The molecule has 0 saturated carbocycles. The lowest BCUT2D eigenvalue weighted by Crippen LogP contribution is -2.50. The number of likely N-dealkylation sites (tertiary alicyclic amines) is 1. The fourth-order valence-electron chi connectivity index (χ4n) is 2.13. The van der Waals surface area contributed by atoms with Crippen LogP contribution in [0, 0.1) is 0 Å². The van der Waals surface area contributed by atoms with Gasteiger partial charge in [0.2, 0.25) is 0 Å². The maximum absolute atomic E-state index is 11.0. The maximum Gasteiger partial charge on any atom is 0.325 e. The molecule has 1 aromatic carbocycles. The number of carbonyl (C=O) groups is 1. The van der Waals surface area contributed by atoms with Crippen molar-refractivity contribution in [2.24, 2.45) is 5.73 Å². The van der Waals surface area contributed by atoms with Gasteiger partial charge in [0.05, 0.1) is 0 Å². The standard InChI is InChI=1S/C13H17ClN2O3/c14-10-2-1-3-11(8-10)19-7-6-16-5-4-13(15,9-16)12(17)18/h1-3,8H,4-7,9,15H2,(H,17,18). The maximum atomic E-state index is 11.0. The number of carboxylic acids is 1. The zero-order valence-electron chi connectivity index (χ0n) is 10.5. The first-order valence-electron chi connectivity index (χ1n) is 6.13. The van der Waals surface area contributed by atoms with Gasteiger partial charge in [-0.15, -0.1) is 0 Å². The number of nitrogens with two attached hydrogens (primary N) is 1. The average Bonchev–Trinajstić information content (AvgIpc) is 2.73. The third kappa shape index (κ3) is 3.59. The zero-order chi connectivity index (χ0) is 13.9. The van der Waals surface area contributed by atoms with Gasteiger partial charge in [-0.1, -0.05) is 17.7 Å². The quantitative estimate of drug-likeness (QED) is 0.850. The van der Waals surface area contributed by atoms with Gasteiger partial charge in [0.25, 0.3) is 0 Å². The molecule has 1 heterocycles. The highest BCUT2D eigenvalue weighted by Crippen LogP contribution is 2.20. The van der Waals surface area contributed by atoms with Crippen LogP contribution in [0.15, 0.2) is 24.3 Å². The number of nitrogens with zero attached hydrogens (tertiary/aromatic N) is 1. The van der Waals surface area contributed by atoms with Crippen LogP contribution in [0.2, 0.25) is 5.02 Å². The molecule has 1 unspecified atom stereocenters. The van der Waals surface area contributed by atoms with Crippen LogP contribution in [0.4, 0.5) is 0 Å². The van der Waals surface area contributed by atoms with Gasteiger partial charge in [-0.25, -0.2) is 0 Å². The lowest BCUT2D eigenvalue weighted by Gasteiger charge is -2.20. The van der Waals surface area contributed by atoms with Gasteiger partial charge < -0.3 is 15.6 Å². The molecule has 1 aliphatic heterocycles. The molecule has 0 aliphatic carbocycles. The van der Waals surface area contributed by atoms with Gasteiger partial charge in [-0.2, -0.15) is 0 Å². The Hall–Kier alpha value is -1.30. The second-order valence-electron chi connectivity index (χ2n) is 4.79. The summed E-state index contributed by atoms with van der Waals surface area (Å²) in [6.45, 7) is 2.18. The lowest BCUT2D eigenvalue weighted by molar-refractivity contribution is -0.142. The molecule has 1 saturated heterocycles. The van der Waals surface area contributed by atoms with Gasteiger partial charge >= 0.3 is 5.97 Å². The molecular weight excluding hydrogens is 268 g/mol. The Balaban J connectivity index is 1.77. The molecule has 0 aromatic heterocycles. The normalized spacial score (nSPS) is 23.5. The average molecular weight is 285 g/mol. The van der Waals surface area contributed by atoms with Crippen LogP contribution in [0.25, 0.3) is 0 Å². The molecule has 0 bridgehead atoms. The van der Waals surface area contributed by atoms with E-state index < -0.39 is 11.5 Å². The summed E-state index contributed by atoms with van der Waals surface area (Å²) in [5.74, 6) is -0.227. The van der Waals surface area contributed by atoms with Crippen LogP contribution in [0.3, 0.4) is 0 Å². The second-order valence-corrected chi connectivity index (χ2v) is 5.23. The van der Waals surface area contributed by atoms with Crippen LogP contribution in [0.1, 0.15) is 6.42 Å². The summed E-state index contributed by atoms with van der Waals surface area (Å²) >= 11 is 5.85. The third-order valence-electron chi connectivity index (χ3n) is 3.28. The molecule has 1 atom stereocenters. The minimum absolute atomic E-state index is 0.362. The Labute approximate surface area is 116 Å². The van der Waals surface area contributed by atoms with Crippen LogP contribution in [0.5, 0.6) is 5.75 Å². The Morgan fingerprint density at radius 2 is 2.37 bits per heavy atom. The number of rotatable bonds is 5. The van der Waals surface area contributed by atoms with Gasteiger partial charge in [0.1, 0.15) is 17.9 Å². The van der Waals surface area contributed by atoms with Crippen LogP contribution < -0.4 is 10.5 Å². The Bertz CT molecular complexity index is 469. The Morgan fingerprint density at radius 3 is 3.00 bits per heavy atom. The molecule has 1 aliphatic rings. The van der Waals surface area contributed by atoms with Crippen molar-refractivity contribution < 1.29 is 14.6 Å². The molecule has 104 valence electrons. The molecule has 6 heteroatoms. The van der Waals surface area contributed by atoms with Crippen molar-refractivity contribution in [2.45, 2.75) is 12.0 Å². The SMILES string of the molecule is NC1(C(=O)O)CCN(CCOc2cccc(Cl)c2)C1. The van der Waals surface area contributed by atoms with Gasteiger partial charge in [0.15, 0.2) is 0 Å². The number of benzene rings is 1. The molecule has 19 heavy (non-hydrogen) atoms. The monoisotopic (exact) mass is 284 g/mol. The fraction of sp³-hybridized carbons (Fsp3) is 0.462.